The van der Waals surface area contributed by atoms with E-state index in [0.717, 1.165) is 5.56 Å². The minimum absolute atomic E-state index is 0.0514. The zero-order chi connectivity index (χ0) is 12.1. The molecule has 0 fully saturated rings. The molecule has 5 heteroatoms. The lowest BCUT2D eigenvalue weighted by Gasteiger charge is -2.14. The van der Waals surface area contributed by atoms with Crippen LogP contribution in [0.15, 0.2) is 29.2 Å². The number of rotatable bonds is 5. The van der Waals surface area contributed by atoms with E-state index in [1.807, 2.05) is 19.1 Å². The van der Waals surface area contributed by atoms with Crippen molar-refractivity contribution in [2.24, 2.45) is 0 Å². The van der Waals surface area contributed by atoms with E-state index in [1.165, 1.54) is 0 Å². The van der Waals surface area contributed by atoms with Crippen LogP contribution in [0.3, 0.4) is 0 Å². The van der Waals surface area contributed by atoms with Crippen LogP contribution in [0.25, 0.3) is 0 Å². The van der Waals surface area contributed by atoms with E-state index in [-0.39, 0.29) is 11.1 Å². The highest BCUT2D eigenvalue weighted by molar-refractivity contribution is 9.09. The Hall–Kier alpha value is -0.230. The van der Waals surface area contributed by atoms with Gasteiger partial charge >= 0.3 is 0 Å². The van der Waals surface area contributed by atoms with Crippen LogP contribution in [0.5, 0.6) is 0 Å². The standard InChI is InChI=1S/C11H15BrO3S/c1-8-2-4-9(5-3-8)16(15)7-11(14)10(13)6-12/h2-5,10-11,13-14H,6-7H2,1H3/t10-,11-,16+/m1/s1. The number of alkyl halides is 1. The molecule has 0 spiro atoms. The molecule has 0 saturated heterocycles. The molecule has 0 aliphatic rings. The summed E-state index contributed by atoms with van der Waals surface area (Å²) < 4.78 is 11.8. The van der Waals surface area contributed by atoms with Gasteiger partial charge in [-0.2, -0.15) is 0 Å². The van der Waals surface area contributed by atoms with E-state index >= 15 is 0 Å². The van der Waals surface area contributed by atoms with Crippen LogP contribution in [0.1, 0.15) is 5.56 Å². The van der Waals surface area contributed by atoms with Gasteiger partial charge in [-0.3, -0.25) is 4.21 Å². The Morgan fingerprint density at radius 2 is 1.81 bits per heavy atom. The topological polar surface area (TPSA) is 57.5 Å². The van der Waals surface area contributed by atoms with Crippen LogP contribution in [0, 0.1) is 6.92 Å². The maximum absolute atomic E-state index is 11.8. The average Bonchev–Trinajstić information content (AvgIpc) is 2.28. The van der Waals surface area contributed by atoms with Gasteiger partial charge in [0.1, 0.15) is 0 Å². The minimum Gasteiger partial charge on any atom is -0.390 e. The molecule has 0 aliphatic heterocycles. The molecule has 0 radical (unpaired) electrons. The second-order valence-electron chi connectivity index (χ2n) is 3.61. The fourth-order valence-corrected chi connectivity index (χ4v) is 2.75. The van der Waals surface area contributed by atoms with Crippen molar-refractivity contribution in [3.05, 3.63) is 29.8 Å². The average molecular weight is 307 g/mol. The third-order valence-electron chi connectivity index (χ3n) is 2.21. The number of aryl methyl sites for hydroxylation is 1. The van der Waals surface area contributed by atoms with E-state index in [1.54, 1.807) is 12.1 Å². The summed E-state index contributed by atoms with van der Waals surface area (Å²) in [6.45, 7) is 1.95. The zero-order valence-electron chi connectivity index (χ0n) is 8.97. The Morgan fingerprint density at radius 1 is 1.25 bits per heavy atom. The second kappa shape index (κ2) is 6.49. The fraction of sp³-hybridized carbons (Fsp3) is 0.455. The van der Waals surface area contributed by atoms with E-state index in [0.29, 0.717) is 4.90 Å². The van der Waals surface area contributed by atoms with E-state index in [9.17, 15) is 14.4 Å². The maximum atomic E-state index is 11.8. The Morgan fingerprint density at radius 3 is 2.31 bits per heavy atom. The third kappa shape index (κ3) is 3.97. The summed E-state index contributed by atoms with van der Waals surface area (Å²) >= 11 is 3.06. The molecule has 2 N–H and O–H groups in total. The lowest BCUT2D eigenvalue weighted by Crippen LogP contribution is -2.32. The molecule has 0 saturated carbocycles. The van der Waals surface area contributed by atoms with Crippen molar-refractivity contribution in [3.8, 4) is 0 Å². The number of aliphatic hydroxyl groups excluding tert-OH is 2. The largest absolute Gasteiger partial charge is 0.390 e. The highest BCUT2D eigenvalue weighted by Gasteiger charge is 2.18. The normalized spacial score (nSPS) is 16.8. The van der Waals surface area contributed by atoms with E-state index in [4.69, 9.17) is 0 Å². The summed E-state index contributed by atoms with van der Waals surface area (Å²) in [4.78, 5) is 0.673. The summed E-state index contributed by atoms with van der Waals surface area (Å²) in [7, 11) is -1.27. The monoisotopic (exact) mass is 306 g/mol. The van der Waals surface area contributed by atoms with Crippen molar-refractivity contribution in [2.75, 3.05) is 11.1 Å². The van der Waals surface area contributed by atoms with E-state index in [2.05, 4.69) is 15.9 Å². The van der Waals surface area contributed by atoms with Gasteiger partial charge in [0.2, 0.25) is 0 Å². The van der Waals surface area contributed by atoms with Gasteiger partial charge in [0.15, 0.2) is 0 Å². The van der Waals surface area contributed by atoms with Crippen molar-refractivity contribution in [1.82, 2.24) is 0 Å². The van der Waals surface area contributed by atoms with Gasteiger partial charge in [-0.25, -0.2) is 0 Å². The zero-order valence-corrected chi connectivity index (χ0v) is 11.4. The molecule has 1 aromatic carbocycles. The van der Waals surface area contributed by atoms with E-state index < -0.39 is 23.0 Å². The number of benzene rings is 1. The molecule has 0 unspecified atom stereocenters. The van der Waals surface area contributed by atoms with Gasteiger partial charge in [-0.15, -0.1) is 0 Å². The molecule has 16 heavy (non-hydrogen) atoms. The van der Waals surface area contributed by atoms with Crippen LogP contribution >= 0.6 is 15.9 Å². The van der Waals surface area contributed by atoms with Gasteiger partial charge in [0.05, 0.1) is 28.8 Å². The first-order valence-corrected chi connectivity index (χ1v) is 7.35. The first-order valence-electron chi connectivity index (χ1n) is 4.91. The first-order chi connectivity index (χ1) is 7.54. The molecule has 1 aromatic rings. The van der Waals surface area contributed by atoms with Crippen LogP contribution in [0.2, 0.25) is 0 Å². The summed E-state index contributed by atoms with van der Waals surface area (Å²) in [6.07, 6.45) is -1.85. The summed E-state index contributed by atoms with van der Waals surface area (Å²) in [5, 5.41) is 19.1. The molecule has 3 atom stereocenters. The predicted octanol–water partition coefficient (Wildman–Crippen LogP) is 1.22. The predicted molar refractivity (Wildman–Crippen MR) is 68.3 cm³/mol. The molecule has 90 valence electrons. The number of halogens is 1. The molecule has 1 rings (SSSR count). The Balaban J connectivity index is 2.62. The summed E-state index contributed by atoms with van der Waals surface area (Å²) in [5.74, 6) is 0.0514. The van der Waals surface area contributed by atoms with Crippen LogP contribution in [-0.4, -0.2) is 37.7 Å². The number of aliphatic hydroxyl groups is 2. The van der Waals surface area contributed by atoms with Gasteiger partial charge in [-0.1, -0.05) is 33.6 Å². The number of hydrogen-bond donors (Lipinski definition) is 2. The molecule has 0 heterocycles. The quantitative estimate of drug-likeness (QED) is 0.804. The molecule has 0 bridgehead atoms. The van der Waals surface area contributed by atoms with Crippen molar-refractivity contribution in [1.29, 1.82) is 0 Å². The Kier molecular flexibility index (Phi) is 5.61. The Bertz CT molecular complexity index is 353. The summed E-state index contributed by atoms with van der Waals surface area (Å²) in [6, 6.07) is 7.30. The fourth-order valence-electron chi connectivity index (χ4n) is 1.16. The second-order valence-corrected chi connectivity index (χ2v) is 5.76. The van der Waals surface area contributed by atoms with Gasteiger partial charge in [0.25, 0.3) is 0 Å². The molecular formula is C11H15BrO3S. The maximum Gasteiger partial charge on any atom is 0.0925 e. The number of hydrogen-bond acceptors (Lipinski definition) is 3. The first kappa shape index (κ1) is 13.8. The lowest BCUT2D eigenvalue weighted by atomic mass is 10.2. The van der Waals surface area contributed by atoms with Gasteiger partial charge in [-0.05, 0) is 19.1 Å². The van der Waals surface area contributed by atoms with Gasteiger partial charge < -0.3 is 10.2 Å². The molecule has 3 nitrogen and oxygen atoms in total. The van der Waals surface area contributed by atoms with Crippen molar-refractivity contribution >= 4 is 26.7 Å². The minimum atomic E-state index is -1.27. The van der Waals surface area contributed by atoms with Crippen molar-refractivity contribution in [2.45, 2.75) is 24.0 Å². The van der Waals surface area contributed by atoms with Crippen LogP contribution in [0.4, 0.5) is 0 Å². The highest BCUT2D eigenvalue weighted by Crippen LogP contribution is 2.10. The molecular weight excluding hydrogens is 292 g/mol. The molecule has 0 aromatic heterocycles. The molecule has 0 amide bonds. The highest BCUT2D eigenvalue weighted by atomic mass is 79.9. The Labute approximate surface area is 106 Å². The lowest BCUT2D eigenvalue weighted by molar-refractivity contribution is 0.0502. The smallest absolute Gasteiger partial charge is 0.0925 e. The van der Waals surface area contributed by atoms with Gasteiger partial charge in [0, 0.05) is 10.2 Å². The summed E-state index contributed by atoms with van der Waals surface area (Å²) in [5.41, 5.74) is 1.10. The molecule has 0 aliphatic carbocycles. The van der Waals surface area contributed by atoms with Crippen molar-refractivity contribution < 1.29 is 14.4 Å². The third-order valence-corrected chi connectivity index (χ3v) is 4.31. The van der Waals surface area contributed by atoms with Crippen molar-refractivity contribution in [3.63, 3.8) is 0 Å². The SMILES string of the molecule is Cc1ccc([S@@](=O)C[C@@H](O)[C@H](O)CBr)cc1. The van der Waals surface area contributed by atoms with Crippen LogP contribution < -0.4 is 0 Å². The van der Waals surface area contributed by atoms with Crippen LogP contribution in [-0.2, 0) is 10.8 Å².